The lowest BCUT2D eigenvalue weighted by Gasteiger charge is -2.30. The second-order valence-corrected chi connectivity index (χ2v) is 6.62. The van der Waals surface area contributed by atoms with Crippen molar-refractivity contribution in [2.75, 3.05) is 23.7 Å². The summed E-state index contributed by atoms with van der Waals surface area (Å²) < 4.78 is 0. The maximum atomic E-state index is 12.7. The molecule has 1 aliphatic heterocycles. The number of hydrogen-bond donors (Lipinski definition) is 3. The van der Waals surface area contributed by atoms with Gasteiger partial charge in [-0.3, -0.25) is 14.7 Å². The average molecular weight is 400 g/mol. The van der Waals surface area contributed by atoms with E-state index in [1.165, 1.54) is 0 Å². The van der Waals surface area contributed by atoms with Gasteiger partial charge in [0.25, 0.3) is 5.91 Å². The quantitative estimate of drug-likeness (QED) is 0.586. The van der Waals surface area contributed by atoms with Gasteiger partial charge in [0.05, 0.1) is 5.52 Å². The first-order valence-electron chi connectivity index (χ1n) is 9.04. The van der Waals surface area contributed by atoms with Crippen LogP contribution in [-0.4, -0.2) is 35.1 Å². The highest BCUT2D eigenvalue weighted by atomic mass is 35.5. The maximum Gasteiger partial charge on any atom is 0.272 e. The molecule has 1 aliphatic rings. The first kappa shape index (κ1) is 19.7. The number of aromatic amines is 1. The molecule has 3 aromatic rings. The van der Waals surface area contributed by atoms with E-state index < -0.39 is 0 Å². The van der Waals surface area contributed by atoms with Crippen LogP contribution >= 0.6 is 12.4 Å². The van der Waals surface area contributed by atoms with Gasteiger partial charge in [0.2, 0.25) is 5.91 Å². The van der Waals surface area contributed by atoms with Crippen LogP contribution in [0.25, 0.3) is 10.9 Å². The van der Waals surface area contributed by atoms with Gasteiger partial charge in [0.1, 0.15) is 0 Å². The molecule has 28 heavy (non-hydrogen) atoms. The molecule has 0 unspecified atom stereocenters. The van der Waals surface area contributed by atoms with Crippen molar-refractivity contribution in [2.24, 2.45) is 0 Å². The Balaban J connectivity index is 0.00000225. The van der Waals surface area contributed by atoms with E-state index in [9.17, 15) is 9.59 Å². The van der Waals surface area contributed by atoms with E-state index in [-0.39, 0.29) is 37.2 Å². The molecule has 0 radical (unpaired) electrons. The van der Waals surface area contributed by atoms with E-state index >= 15 is 0 Å². The lowest BCUT2D eigenvalue weighted by atomic mass is 9.99. The Morgan fingerprint density at radius 1 is 1.18 bits per heavy atom. The first-order chi connectivity index (χ1) is 13.1. The SMILES string of the molecule is Cl.Nc1cccc2c1CCCN2C(=O)CCNC(=O)c1n[nH]c2ccccc12. The number of nitrogens with zero attached hydrogens (tertiary/aromatic N) is 2. The fourth-order valence-corrected chi connectivity index (χ4v) is 3.55. The number of nitrogens with two attached hydrogens (primary N) is 1. The molecule has 0 aliphatic carbocycles. The lowest BCUT2D eigenvalue weighted by Crippen LogP contribution is -2.38. The van der Waals surface area contributed by atoms with Crippen molar-refractivity contribution in [3.63, 3.8) is 0 Å². The van der Waals surface area contributed by atoms with Gasteiger partial charge in [-0.2, -0.15) is 5.10 Å². The minimum absolute atomic E-state index is 0. The number of halogens is 1. The summed E-state index contributed by atoms with van der Waals surface area (Å²) in [5.41, 5.74) is 9.83. The summed E-state index contributed by atoms with van der Waals surface area (Å²) in [6.07, 6.45) is 2.00. The number of aromatic nitrogens is 2. The molecule has 4 rings (SSSR count). The molecule has 0 spiro atoms. The Kier molecular flexibility index (Phi) is 5.84. The van der Waals surface area contributed by atoms with Gasteiger partial charge in [0, 0.05) is 36.3 Å². The third kappa shape index (κ3) is 3.66. The fraction of sp³-hybridized carbons (Fsp3) is 0.250. The number of nitrogens with one attached hydrogen (secondary N) is 2. The molecular formula is C20H22ClN5O2. The van der Waals surface area contributed by atoms with Crippen LogP contribution in [0.3, 0.4) is 0 Å². The van der Waals surface area contributed by atoms with Gasteiger partial charge in [-0.05, 0) is 36.6 Å². The van der Waals surface area contributed by atoms with Crippen molar-refractivity contribution in [2.45, 2.75) is 19.3 Å². The van der Waals surface area contributed by atoms with Crippen LogP contribution in [0.1, 0.15) is 28.9 Å². The third-order valence-corrected chi connectivity index (χ3v) is 4.90. The van der Waals surface area contributed by atoms with E-state index in [2.05, 4.69) is 15.5 Å². The van der Waals surface area contributed by atoms with Crippen LogP contribution in [-0.2, 0) is 11.2 Å². The number of fused-ring (bicyclic) bond motifs is 2. The number of para-hydroxylation sites is 1. The molecule has 2 amide bonds. The molecule has 2 aromatic carbocycles. The minimum atomic E-state index is -0.288. The molecule has 8 heteroatoms. The fourth-order valence-electron chi connectivity index (χ4n) is 3.55. The highest BCUT2D eigenvalue weighted by molar-refractivity contribution is 6.04. The van der Waals surface area contributed by atoms with Crippen LogP contribution in [0.4, 0.5) is 11.4 Å². The number of nitrogen functional groups attached to an aromatic ring is 1. The number of amides is 2. The van der Waals surface area contributed by atoms with Crippen molar-refractivity contribution in [3.8, 4) is 0 Å². The molecule has 4 N–H and O–H groups in total. The number of carbonyl (C=O) groups is 2. The summed E-state index contributed by atoms with van der Waals surface area (Å²) in [6, 6.07) is 13.1. The number of carbonyl (C=O) groups excluding carboxylic acids is 2. The highest BCUT2D eigenvalue weighted by Gasteiger charge is 2.23. The summed E-state index contributed by atoms with van der Waals surface area (Å²) in [5.74, 6) is -0.308. The predicted molar refractivity (Wildman–Crippen MR) is 112 cm³/mol. The number of anilines is 2. The van der Waals surface area contributed by atoms with E-state index in [4.69, 9.17) is 5.73 Å². The first-order valence-corrected chi connectivity index (χ1v) is 9.04. The van der Waals surface area contributed by atoms with E-state index in [1.54, 1.807) is 4.90 Å². The van der Waals surface area contributed by atoms with Crippen LogP contribution in [0, 0.1) is 0 Å². The molecule has 0 saturated heterocycles. The number of hydrogen-bond acceptors (Lipinski definition) is 4. The van der Waals surface area contributed by atoms with E-state index in [0.29, 0.717) is 12.2 Å². The van der Waals surface area contributed by atoms with Crippen molar-refractivity contribution in [3.05, 3.63) is 53.7 Å². The zero-order valence-corrected chi connectivity index (χ0v) is 16.1. The third-order valence-electron chi connectivity index (χ3n) is 4.90. The summed E-state index contributed by atoms with van der Waals surface area (Å²) in [5, 5.41) is 10.5. The maximum absolute atomic E-state index is 12.7. The Morgan fingerprint density at radius 2 is 2.00 bits per heavy atom. The van der Waals surface area contributed by atoms with Gasteiger partial charge < -0.3 is 16.0 Å². The van der Waals surface area contributed by atoms with Gasteiger partial charge in [-0.1, -0.05) is 24.3 Å². The predicted octanol–water partition coefficient (Wildman–Crippen LogP) is 2.67. The molecular weight excluding hydrogens is 378 g/mol. The smallest absolute Gasteiger partial charge is 0.272 e. The monoisotopic (exact) mass is 399 g/mol. The summed E-state index contributed by atoms with van der Waals surface area (Å²) >= 11 is 0. The summed E-state index contributed by atoms with van der Waals surface area (Å²) in [6.45, 7) is 0.931. The molecule has 0 saturated carbocycles. The van der Waals surface area contributed by atoms with Crippen molar-refractivity contribution >= 4 is 46.5 Å². The number of H-pyrrole nitrogens is 1. The Bertz CT molecular complexity index is 1020. The second-order valence-electron chi connectivity index (χ2n) is 6.62. The zero-order valence-electron chi connectivity index (χ0n) is 15.3. The molecule has 1 aromatic heterocycles. The largest absolute Gasteiger partial charge is 0.398 e. The molecule has 0 bridgehead atoms. The van der Waals surface area contributed by atoms with Crippen molar-refractivity contribution in [1.29, 1.82) is 0 Å². The lowest BCUT2D eigenvalue weighted by molar-refractivity contribution is -0.118. The number of benzene rings is 2. The van der Waals surface area contributed by atoms with E-state index in [1.807, 2.05) is 42.5 Å². The summed E-state index contributed by atoms with van der Waals surface area (Å²) in [7, 11) is 0. The molecule has 0 atom stereocenters. The van der Waals surface area contributed by atoms with Gasteiger partial charge in [0.15, 0.2) is 5.69 Å². The van der Waals surface area contributed by atoms with Crippen molar-refractivity contribution in [1.82, 2.24) is 15.5 Å². The molecule has 2 heterocycles. The average Bonchev–Trinajstić information content (AvgIpc) is 3.12. The Morgan fingerprint density at radius 3 is 2.86 bits per heavy atom. The minimum Gasteiger partial charge on any atom is -0.398 e. The van der Waals surface area contributed by atoms with Crippen LogP contribution in [0.2, 0.25) is 0 Å². The second kappa shape index (κ2) is 8.31. The highest BCUT2D eigenvalue weighted by Crippen LogP contribution is 2.31. The Hall–Kier alpha value is -3.06. The molecule has 7 nitrogen and oxygen atoms in total. The summed E-state index contributed by atoms with van der Waals surface area (Å²) in [4.78, 5) is 26.8. The standard InChI is InChI=1S/C20H21N5O2.ClH/c21-15-7-3-9-17-13(15)6-4-12-25(17)18(26)10-11-22-20(27)19-14-5-1-2-8-16(14)23-24-19;/h1-3,5,7-9H,4,6,10-12,21H2,(H,22,27)(H,23,24);1H. The van der Waals surface area contributed by atoms with Gasteiger partial charge >= 0.3 is 0 Å². The van der Waals surface area contributed by atoms with Crippen LogP contribution < -0.4 is 16.0 Å². The van der Waals surface area contributed by atoms with Crippen LogP contribution in [0.15, 0.2) is 42.5 Å². The number of rotatable bonds is 4. The molecule has 146 valence electrons. The van der Waals surface area contributed by atoms with Crippen molar-refractivity contribution < 1.29 is 9.59 Å². The van der Waals surface area contributed by atoms with Gasteiger partial charge in [-0.15, -0.1) is 12.4 Å². The topological polar surface area (TPSA) is 104 Å². The zero-order chi connectivity index (χ0) is 18.8. The van der Waals surface area contributed by atoms with Gasteiger partial charge in [-0.25, -0.2) is 0 Å². The molecule has 0 fully saturated rings. The Labute approximate surface area is 168 Å². The van der Waals surface area contributed by atoms with E-state index in [0.717, 1.165) is 40.7 Å². The van der Waals surface area contributed by atoms with Crippen LogP contribution in [0.5, 0.6) is 0 Å². The normalized spacial score (nSPS) is 12.9.